The summed E-state index contributed by atoms with van der Waals surface area (Å²) in [6.07, 6.45) is -13.3. The van der Waals surface area contributed by atoms with Crippen LogP contribution in [0, 0.1) is 0 Å². The van der Waals surface area contributed by atoms with Gasteiger partial charge in [-0.2, -0.15) is 0 Å². The van der Waals surface area contributed by atoms with Crippen molar-refractivity contribution in [1.29, 1.82) is 0 Å². The zero-order valence-corrected chi connectivity index (χ0v) is 41.7. The van der Waals surface area contributed by atoms with Crippen LogP contribution in [0.5, 0.6) is 0 Å². The number of alkyl carbamates (subject to hydrolysis) is 1. The Hall–Kier alpha value is -5.46. The first kappa shape index (κ1) is 62.1. The summed E-state index contributed by atoms with van der Waals surface area (Å²) >= 11 is 0. The van der Waals surface area contributed by atoms with Gasteiger partial charge in [0.2, 0.25) is 23.6 Å². The van der Waals surface area contributed by atoms with Crippen LogP contribution in [0.1, 0.15) is 56.1 Å². The van der Waals surface area contributed by atoms with Gasteiger partial charge in [-0.1, -0.05) is 67.1 Å². The van der Waals surface area contributed by atoms with Gasteiger partial charge in [-0.3, -0.25) is 28.9 Å². The van der Waals surface area contributed by atoms with Crippen molar-refractivity contribution in [1.82, 2.24) is 31.5 Å². The number of aliphatic hydroxyl groups is 8. The van der Waals surface area contributed by atoms with Crippen molar-refractivity contribution in [3.63, 3.8) is 0 Å². The zero-order valence-electron chi connectivity index (χ0n) is 41.7. The molecule has 75 heavy (non-hydrogen) atoms. The van der Waals surface area contributed by atoms with E-state index >= 15 is 0 Å². The van der Waals surface area contributed by atoms with E-state index < -0.39 is 130 Å². The monoisotopic (exact) mass is 1070 g/mol. The Balaban J connectivity index is 1.33. The summed E-state index contributed by atoms with van der Waals surface area (Å²) in [5.41, 5.74) is 1.67. The van der Waals surface area contributed by atoms with Crippen LogP contribution in [-0.2, 0) is 65.6 Å². The van der Waals surface area contributed by atoms with Gasteiger partial charge in [-0.05, 0) is 43.2 Å². The van der Waals surface area contributed by atoms with E-state index in [2.05, 4.69) is 26.6 Å². The first-order chi connectivity index (χ1) is 36.1. The maximum absolute atomic E-state index is 13.7. The summed E-state index contributed by atoms with van der Waals surface area (Å²) in [6.45, 7) is -3.37. The summed E-state index contributed by atoms with van der Waals surface area (Å²) in [4.78, 5) is 79.4. The zero-order chi connectivity index (χ0) is 54.5. The number of ether oxygens (including phenoxy) is 6. The van der Waals surface area contributed by atoms with Gasteiger partial charge in [0.15, 0.2) is 12.6 Å². The van der Waals surface area contributed by atoms with Gasteiger partial charge in [0.05, 0.1) is 46.1 Å². The Labute approximate surface area is 433 Å². The maximum atomic E-state index is 13.7. The number of carbonyl (C=O) groups excluding carboxylic acids is 6. The van der Waals surface area contributed by atoms with Gasteiger partial charge in [0.1, 0.15) is 68.1 Å². The van der Waals surface area contributed by atoms with Gasteiger partial charge >= 0.3 is 12.1 Å². The second kappa shape index (κ2) is 34.3. The highest BCUT2D eigenvalue weighted by Crippen LogP contribution is 2.23. The molecule has 0 saturated carbocycles. The Morgan fingerprint density at radius 3 is 1.53 bits per heavy atom. The molecule has 420 valence electrons. The van der Waals surface area contributed by atoms with Gasteiger partial charge < -0.3 is 95.9 Å². The molecule has 0 spiro atoms. The number of carbonyl (C=O) groups is 6. The van der Waals surface area contributed by atoms with Crippen molar-refractivity contribution in [3.05, 3.63) is 71.8 Å². The lowest BCUT2D eigenvalue weighted by molar-refractivity contribution is -0.300. The molecule has 2 heterocycles. The quantitative estimate of drug-likeness (QED) is 0.0240. The number of hydrogen-bond donors (Lipinski definition) is 13. The lowest BCUT2D eigenvalue weighted by Gasteiger charge is -2.39. The average Bonchev–Trinajstić information content (AvgIpc) is 3.40. The second-order valence-electron chi connectivity index (χ2n) is 17.8. The van der Waals surface area contributed by atoms with Crippen LogP contribution < -0.4 is 26.6 Å². The summed E-state index contributed by atoms with van der Waals surface area (Å²) in [7, 11) is 0. The molecule has 2 fully saturated rings. The van der Waals surface area contributed by atoms with Crippen LogP contribution in [0.4, 0.5) is 4.79 Å². The number of aliphatic hydroxyl groups excluding tert-OH is 8. The van der Waals surface area contributed by atoms with Crippen molar-refractivity contribution in [2.75, 3.05) is 72.2 Å². The SMILES string of the molecule is O=C(CN(CC(=O)NCCO[C@H]1O[C@H](CO)[C@@H](O)[C@H](O)[C@@H]1O)CC(=O)N[C@@H](CCCCNC(=O)OCc1ccccc1)C(=O)NCCCCCC(=O)OCc1ccccc1)NCCO[C@H]1O[C@H](CO)[C@@H](O)[C@H](O)[C@@H]1O. The third-order valence-electron chi connectivity index (χ3n) is 11.9. The normalized spacial score (nSPS) is 23.9. The highest BCUT2D eigenvalue weighted by Gasteiger charge is 2.45. The smallest absolute Gasteiger partial charge is 0.407 e. The van der Waals surface area contributed by atoms with Crippen molar-refractivity contribution >= 4 is 35.7 Å². The standard InChI is InChI=1S/C49H74N6O20/c56-27-34-40(62)42(64)44(66)47(74-34)70-22-20-50-36(58)24-55(25-37(59)51-21-23-71-48-45(67)43(65)41(63)35(28-57)75-48)26-38(60)54-33(16-9-11-19-53-49(69)73-30-32-14-6-2-7-15-32)46(68)52-18-10-3-8-17-39(61)72-29-31-12-4-1-5-13-31/h1-2,4-7,12-15,33-35,40-45,47-48,56-57,62-67H,3,8-11,16-30H2,(H,50,58)(H,51,59)(H,52,68)(H,53,69)(H,54,60)/t33-,34+,35+,40+,41+,42-,43-,44-,45-,47-,48-/m0/s1. The Morgan fingerprint density at radius 2 is 1.01 bits per heavy atom. The number of rotatable bonds is 33. The van der Waals surface area contributed by atoms with Crippen LogP contribution in [0.2, 0.25) is 0 Å². The highest BCUT2D eigenvalue weighted by molar-refractivity contribution is 5.89. The van der Waals surface area contributed by atoms with Crippen LogP contribution in [0.15, 0.2) is 60.7 Å². The van der Waals surface area contributed by atoms with E-state index in [1.807, 2.05) is 60.7 Å². The molecule has 0 unspecified atom stereocenters. The molecule has 0 bridgehead atoms. The summed E-state index contributed by atoms with van der Waals surface area (Å²) in [5.74, 6) is -3.03. The van der Waals surface area contributed by atoms with E-state index in [1.165, 1.54) is 4.90 Å². The molecule has 0 aromatic heterocycles. The minimum Gasteiger partial charge on any atom is -0.461 e. The Bertz CT molecular complexity index is 1950. The molecule has 0 radical (unpaired) electrons. The Morgan fingerprint density at radius 1 is 0.533 bits per heavy atom. The van der Waals surface area contributed by atoms with Crippen LogP contribution in [0.3, 0.4) is 0 Å². The first-order valence-electron chi connectivity index (χ1n) is 24.9. The van der Waals surface area contributed by atoms with Gasteiger partial charge in [-0.25, -0.2) is 4.79 Å². The molecule has 2 aliphatic heterocycles. The van der Waals surface area contributed by atoms with Crippen molar-refractivity contribution < 1.29 is 98.0 Å². The highest BCUT2D eigenvalue weighted by atomic mass is 16.7. The number of esters is 1. The number of amides is 5. The predicted molar refractivity (Wildman–Crippen MR) is 260 cm³/mol. The van der Waals surface area contributed by atoms with E-state index in [0.29, 0.717) is 32.1 Å². The second-order valence-corrected chi connectivity index (χ2v) is 17.8. The predicted octanol–water partition coefficient (Wildman–Crippen LogP) is -3.84. The fourth-order valence-electron chi connectivity index (χ4n) is 7.69. The fourth-order valence-corrected chi connectivity index (χ4v) is 7.69. The number of unbranched alkanes of at least 4 members (excludes halogenated alkanes) is 3. The van der Waals surface area contributed by atoms with E-state index in [-0.39, 0.29) is 71.4 Å². The molecular weight excluding hydrogens is 993 g/mol. The molecule has 26 heteroatoms. The fraction of sp³-hybridized carbons (Fsp3) is 0.633. The topological polar surface area (TPSA) is 383 Å². The lowest BCUT2D eigenvalue weighted by Crippen LogP contribution is -2.59. The number of benzene rings is 2. The molecule has 4 rings (SSSR count). The molecular formula is C49H74N6O20. The third-order valence-corrected chi connectivity index (χ3v) is 11.9. The summed E-state index contributed by atoms with van der Waals surface area (Å²) in [5, 5.41) is 92.8. The molecule has 2 aliphatic rings. The third kappa shape index (κ3) is 22.7. The molecule has 2 aromatic rings. The van der Waals surface area contributed by atoms with Gasteiger partial charge in [0.25, 0.3) is 0 Å². The summed E-state index contributed by atoms with van der Waals surface area (Å²) in [6, 6.07) is 17.2. The number of hydrogen-bond acceptors (Lipinski definition) is 21. The molecule has 2 saturated heterocycles. The van der Waals surface area contributed by atoms with Crippen LogP contribution in [-0.4, -0.2) is 221 Å². The molecule has 13 N–H and O–H groups in total. The molecule has 2 aromatic carbocycles. The Kier molecular flexibility index (Phi) is 28.4. The van der Waals surface area contributed by atoms with Gasteiger partial charge in [-0.15, -0.1) is 0 Å². The maximum Gasteiger partial charge on any atom is 0.407 e. The van der Waals surface area contributed by atoms with E-state index in [0.717, 1.165) is 11.1 Å². The van der Waals surface area contributed by atoms with Crippen molar-refractivity contribution in [2.45, 2.75) is 126 Å². The largest absolute Gasteiger partial charge is 0.461 e. The van der Waals surface area contributed by atoms with Crippen molar-refractivity contribution in [2.24, 2.45) is 0 Å². The molecule has 5 amide bonds. The number of nitrogens with zero attached hydrogens (tertiary/aromatic N) is 1. The van der Waals surface area contributed by atoms with Crippen molar-refractivity contribution in [3.8, 4) is 0 Å². The van der Waals surface area contributed by atoms with E-state index in [4.69, 9.17) is 28.4 Å². The lowest BCUT2D eigenvalue weighted by atomic mass is 9.99. The van der Waals surface area contributed by atoms with Gasteiger partial charge in [0, 0.05) is 32.6 Å². The first-order valence-corrected chi connectivity index (χ1v) is 24.9. The van der Waals surface area contributed by atoms with E-state index in [1.54, 1.807) is 0 Å². The number of nitrogens with one attached hydrogen (secondary N) is 5. The minimum absolute atomic E-state index is 0.0690. The average molecular weight is 1070 g/mol. The molecule has 0 aliphatic carbocycles. The minimum atomic E-state index is -1.69. The van der Waals surface area contributed by atoms with Crippen LogP contribution >= 0.6 is 0 Å². The summed E-state index contributed by atoms with van der Waals surface area (Å²) < 4.78 is 32.0. The van der Waals surface area contributed by atoms with E-state index in [9.17, 15) is 69.6 Å². The molecule has 11 atom stereocenters. The van der Waals surface area contributed by atoms with Crippen LogP contribution in [0.25, 0.3) is 0 Å². The molecule has 26 nitrogen and oxygen atoms in total.